The smallest absolute Gasteiger partial charge is 0.237 e. The van der Waals surface area contributed by atoms with Gasteiger partial charge in [0.2, 0.25) is 11.8 Å². The van der Waals surface area contributed by atoms with Crippen LogP contribution in [0.5, 0.6) is 0 Å². The fourth-order valence-corrected chi connectivity index (χ4v) is 3.66. The van der Waals surface area contributed by atoms with E-state index in [0.717, 1.165) is 34.4 Å². The van der Waals surface area contributed by atoms with Crippen molar-refractivity contribution in [2.75, 3.05) is 11.1 Å². The Morgan fingerprint density at radius 2 is 2.16 bits per heavy atom. The van der Waals surface area contributed by atoms with Crippen molar-refractivity contribution < 1.29 is 9.59 Å². The first-order chi connectivity index (χ1) is 11.9. The van der Waals surface area contributed by atoms with Gasteiger partial charge in [-0.15, -0.1) is 10.2 Å². The van der Waals surface area contributed by atoms with E-state index in [2.05, 4.69) is 31.4 Å². The average molecular weight is 424 g/mol. The molecular weight excluding hydrogens is 406 g/mol. The summed E-state index contributed by atoms with van der Waals surface area (Å²) in [5, 5.41) is 11.7. The van der Waals surface area contributed by atoms with E-state index in [1.165, 1.54) is 11.8 Å². The summed E-state index contributed by atoms with van der Waals surface area (Å²) >= 11 is 4.65. The van der Waals surface area contributed by atoms with Crippen LogP contribution in [0.25, 0.3) is 0 Å². The van der Waals surface area contributed by atoms with Crippen LogP contribution in [0.2, 0.25) is 0 Å². The quantitative estimate of drug-likeness (QED) is 0.665. The Bertz CT molecular complexity index is 819. The Labute approximate surface area is 157 Å². The van der Waals surface area contributed by atoms with Crippen molar-refractivity contribution >= 4 is 45.2 Å². The maximum Gasteiger partial charge on any atom is 0.237 e. The molecule has 9 heteroatoms. The van der Waals surface area contributed by atoms with Crippen molar-refractivity contribution in [2.24, 2.45) is 5.73 Å². The number of carbonyl (C=O) groups excluding carboxylic acids is 2. The van der Waals surface area contributed by atoms with E-state index >= 15 is 0 Å². The van der Waals surface area contributed by atoms with Crippen molar-refractivity contribution in [1.29, 1.82) is 0 Å². The van der Waals surface area contributed by atoms with Gasteiger partial charge in [0, 0.05) is 16.1 Å². The van der Waals surface area contributed by atoms with Crippen LogP contribution in [-0.2, 0) is 16.1 Å². The summed E-state index contributed by atoms with van der Waals surface area (Å²) in [6.45, 7) is 1.97. The molecule has 2 aromatic rings. The number of benzene rings is 1. The van der Waals surface area contributed by atoms with Gasteiger partial charge in [0.05, 0.1) is 5.75 Å². The van der Waals surface area contributed by atoms with E-state index in [1.807, 2.05) is 25.1 Å². The summed E-state index contributed by atoms with van der Waals surface area (Å²) in [6.07, 6.45) is 2.09. The molecule has 2 amide bonds. The molecule has 1 saturated carbocycles. The Kier molecular flexibility index (Phi) is 5.43. The van der Waals surface area contributed by atoms with Gasteiger partial charge in [0.25, 0.3) is 0 Å². The molecule has 1 aliphatic rings. The zero-order valence-corrected chi connectivity index (χ0v) is 16.1. The van der Waals surface area contributed by atoms with Gasteiger partial charge in [-0.25, -0.2) is 0 Å². The van der Waals surface area contributed by atoms with Crippen molar-refractivity contribution in [1.82, 2.24) is 14.8 Å². The molecule has 7 nitrogen and oxygen atoms in total. The lowest BCUT2D eigenvalue weighted by Crippen LogP contribution is -2.21. The minimum absolute atomic E-state index is 0.0363. The number of carbonyl (C=O) groups is 2. The monoisotopic (exact) mass is 423 g/mol. The first kappa shape index (κ1) is 17.9. The molecule has 1 aromatic heterocycles. The molecule has 0 bridgehead atoms. The van der Waals surface area contributed by atoms with E-state index in [0.29, 0.717) is 11.1 Å². The number of aromatic nitrogens is 3. The number of anilines is 1. The number of rotatable bonds is 7. The minimum atomic E-state index is -0.446. The maximum absolute atomic E-state index is 12.2. The van der Waals surface area contributed by atoms with Crippen molar-refractivity contribution in [3.63, 3.8) is 0 Å². The van der Waals surface area contributed by atoms with Crippen molar-refractivity contribution in [3.8, 4) is 0 Å². The molecule has 1 aliphatic carbocycles. The van der Waals surface area contributed by atoms with Crippen LogP contribution in [-0.4, -0.2) is 32.3 Å². The highest BCUT2D eigenvalue weighted by Crippen LogP contribution is 2.40. The molecule has 1 aromatic carbocycles. The zero-order valence-electron chi connectivity index (χ0n) is 13.7. The number of halogens is 1. The number of hydrogen-bond acceptors (Lipinski definition) is 5. The lowest BCUT2D eigenvalue weighted by molar-refractivity contribution is -0.118. The molecule has 3 rings (SSSR count). The van der Waals surface area contributed by atoms with Crippen molar-refractivity contribution in [3.05, 3.63) is 34.1 Å². The molecule has 0 aliphatic heterocycles. The normalized spacial score (nSPS) is 13.7. The van der Waals surface area contributed by atoms with Crippen LogP contribution in [0.1, 0.15) is 30.1 Å². The Balaban J connectivity index is 1.64. The van der Waals surface area contributed by atoms with Gasteiger partial charge in [-0.2, -0.15) is 0 Å². The highest BCUT2D eigenvalue weighted by atomic mass is 79.9. The average Bonchev–Trinajstić information content (AvgIpc) is 3.31. The molecule has 0 spiro atoms. The third-order valence-corrected chi connectivity index (χ3v) is 5.26. The van der Waals surface area contributed by atoms with E-state index in [-0.39, 0.29) is 18.2 Å². The lowest BCUT2D eigenvalue weighted by Gasteiger charge is -2.09. The Morgan fingerprint density at radius 1 is 1.40 bits per heavy atom. The molecular formula is C16H18BrN5O2S. The van der Waals surface area contributed by atoms with Crippen LogP contribution in [0.4, 0.5) is 5.69 Å². The van der Waals surface area contributed by atoms with Gasteiger partial charge in [0.1, 0.15) is 12.4 Å². The predicted octanol–water partition coefficient (Wildman–Crippen LogP) is 2.44. The highest BCUT2D eigenvalue weighted by Gasteiger charge is 2.31. The number of nitrogens with one attached hydrogen (secondary N) is 1. The van der Waals surface area contributed by atoms with Gasteiger partial charge in [-0.3, -0.25) is 14.2 Å². The summed E-state index contributed by atoms with van der Waals surface area (Å²) in [4.78, 5) is 23.5. The van der Waals surface area contributed by atoms with E-state index < -0.39 is 5.91 Å². The van der Waals surface area contributed by atoms with E-state index in [1.54, 1.807) is 4.57 Å². The van der Waals surface area contributed by atoms with Gasteiger partial charge < -0.3 is 11.1 Å². The predicted molar refractivity (Wildman–Crippen MR) is 99.4 cm³/mol. The molecule has 0 atom stereocenters. The highest BCUT2D eigenvalue weighted by molar-refractivity contribution is 9.10. The number of hydrogen-bond donors (Lipinski definition) is 2. The largest absolute Gasteiger partial charge is 0.368 e. The fourth-order valence-electron chi connectivity index (χ4n) is 2.44. The number of aryl methyl sites for hydroxylation is 1. The first-order valence-corrected chi connectivity index (χ1v) is 9.62. The molecule has 25 heavy (non-hydrogen) atoms. The van der Waals surface area contributed by atoms with E-state index in [4.69, 9.17) is 5.73 Å². The molecule has 3 N–H and O–H groups in total. The second-order valence-corrected chi connectivity index (χ2v) is 7.82. The topological polar surface area (TPSA) is 103 Å². The Hall–Kier alpha value is -1.87. The van der Waals surface area contributed by atoms with Crippen LogP contribution in [0.15, 0.2) is 27.8 Å². The third kappa shape index (κ3) is 4.60. The standard InChI is InChI=1S/C16H18BrN5O2S/c1-9-6-11(17)4-5-12(9)19-14(24)8-25-16-21-20-15(10-2-3-10)22(16)7-13(18)23/h4-6,10H,2-3,7-8H2,1H3,(H2,18,23)(H,19,24). The third-order valence-electron chi connectivity index (χ3n) is 3.80. The number of nitrogens with zero attached hydrogens (tertiary/aromatic N) is 3. The summed E-state index contributed by atoms with van der Waals surface area (Å²) in [6, 6.07) is 5.66. The first-order valence-electron chi connectivity index (χ1n) is 7.84. The van der Waals surface area contributed by atoms with Gasteiger partial charge in [0.15, 0.2) is 5.16 Å². The SMILES string of the molecule is Cc1cc(Br)ccc1NC(=O)CSc1nnc(C2CC2)n1CC(N)=O. The number of nitrogens with two attached hydrogens (primary N) is 1. The summed E-state index contributed by atoms with van der Waals surface area (Å²) in [7, 11) is 0. The summed E-state index contributed by atoms with van der Waals surface area (Å²) in [5.74, 6) is 0.721. The Morgan fingerprint density at radius 3 is 2.80 bits per heavy atom. The van der Waals surface area contributed by atoms with Gasteiger partial charge in [-0.05, 0) is 43.5 Å². The molecule has 1 fully saturated rings. The summed E-state index contributed by atoms with van der Waals surface area (Å²) in [5.41, 5.74) is 7.06. The molecule has 1 heterocycles. The minimum Gasteiger partial charge on any atom is -0.368 e. The number of primary amides is 1. The number of amides is 2. The zero-order chi connectivity index (χ0) is 18.0. The van der Waals surface area contributed by atoms with Crippen LogP contribution < -0.4 is 11.1 Å². The van der Waals surface area contributed by atoms with Crippen LogP contribution in [0.3, 0.4) is 0 Å². The molecule has 0 saturated heterocycles. The summed E-state index contributed by atoms with van der Waals surface area (Å²) < 4.78 is 2.69. The van der Waals surface area contributed by atoms with Gasteiger partial charge >= 0.3 is 0 Å². The van der Waals surface area contributed by atoms with Crippen LogP contribution in [0, 0.1) is 6.92 Å². The van der Waals surface area contributed by atoms with Crippen molar-refractivity contribution in [2.45, 2.75) is 37.4 Å². The second kappa shape index (κ2) is 7.57. The van der Waals surface area contributed by atoms with E-state index in [9.17, 15) is 9.59 Å². The van der Waals surface area contributed by atoms with Gasteiger partial charge in [-0.1, -0.05) is 27.7 Å². The molecule has 0 unspecified atom stereocenters. The number of thioether (sulfide) groups is 1. The maximum atomic E-state index is 12.2. The molecule has 0 radical (unpaired) electrons. The fraction of sp³-hybridized carbons (Fsp3) is 0.375. The lowest BCUT2D eigenvalue weighted by atomic mass is 10.2. The van der Waals surface area contributed by atoms with Crippen LogP contribution >= 0.6 is 27.7 Å². The molecule has 132 valence electrons. The second-order valence-electron chi connectivity index (χ2n) is 5.96.